The minimum Gasteiger partial charge on any atom is -0.483 e. The maximum atomic E-state index is 13.6. The minimum absolute atomic E-state index is 0.0875. The Labute approximate surface area is 256 Å². The van der Waals surface area contributed by atoms with Crippen molar-refractivity contribution in [3.05, 3.63) is 65.2 Å². The van der Waals surface area contributed by atoms with Crippen LogP contribution < -0.4 is 20.7 Å². The first-order valence-electron chi connectivity index (χ1n) is 15.5. The largest absolute Gasteiger partial charge is 0.483 e. The summed E-state index contributed by atoms with van der Waals surface area (Å²) >= 11 is 0. The molecule has 0 aliphatic carbocycles. The van der Waals surface area contributed by atoms with Gasteiger partial charge in [-0.05, 0) is 68.1 Å². The van der Waals surface area contributed by atoms with E-state index in [-0.39, 0.29) is 48.8 Å². The van der Waals surface area contributed by atoms with Gasteiger partial charge in [0.25, 0.3) is 5.91 Å². The maximum absolute atomic E-state index is 13.6. The number of carbonyl (C=O) groups is 3. The van der Waals surface area contributed by atoms with Crippen molar-refractivity contribution in [3.63, 3.8) is 0 Å². The number of amides is 4. The molecule has 1 aliphatic heterocycles. The first-order chi connectivity index (χ1) is 20.5. The highest BCUT2D eigenvalue weighted by Gasteiger charge is 2.35. The zero-order valence-electron chi connectivity index (χ0n) is 26.6. The van der Waals surface area contributed by atoms with Crippen molar-refractivity contribution in [3.8, 4) is 5.75 Å². The van der Waals surface area contributed by atoms with Crippen molar-refractivity contribution in [2.24, 2.45) is 11.8 Å². The number of nitrogens with zero attached hydrogens (tertiary/aromatic N) is 1. The zero-order chi connectivity index (χ0) is 31.5. The van der Waals surface area contributed by atoms with E-state index in [1.807, 2.05) is 76.2 Å². The molecule has 4 amide bonds. The van der Waals surface area contributed by atoms with E-state index < -0.39 is 18.2 Å². The lowest BCUT2D eigenvalue weighted by molar-refractivity contribution is -0.128. The number of benzene rings is 2. The fourth-order valence-electron chi connectivity index (χ4n) is 5.81. The van der Waals surface area contributed by atoms with E-state index in [2.05, 4.69) is 29.8 Å². The van der Waals surface area contributed by atoms with Crippen LogP contribution in [0.2, 0.25) is 0 Å². The van der Waals surface area contributed by atoms with Gasteiger partial charge in [0.2, 0.25) is 5.91 Å². The molecule has 4 N–H and O–H groups in total. The second-order valence-electron chi connectivity index (χ2n) is 12.5. The predicted molar refractivity (Wildman–Crippen MR) is 169 cm³/mol. The second-order valence-corrected chi connectivity index (χ2v) is 12.5. The molecule has 4 atom stereocenters. The average Bonchev–Trinajstić information content (AvgIpc) is 2.93. The molecular weight excluding hydrogens is 544 g/mol. The molecule has 2 aromatic carbocycles. The first kappa shape index (κ1) is 33.9. The van der Waals surface area contributed by atoms with E-state index in [9.17, 15) is 19.5 Å². The van der Waals surface area contributed by atoms with Crippen LogP contribution in [0.4, 0.5) is 4.79 Å². The van der Waals surface area contributed by atoms with Crippen LogP contribution in [0.15, 0.2) is 48.5 Å². The van der Waals surface area contributed by atoms with Gasteiger partial charge in [0.1, 0.15) is 11.8 Å². The van der Waals surface area contributed by atoms with Crippen LogP contribution in [0.5, 0.6) is 5.75 Å². The fraction of sp³-hybridized carbons (Fsp3) is 0.559. The van der Waals surface area contributed by atoms with Crippen molar-refractivity contribution >= 4 is 17.8 Å². The van der Waals surface area contributed by atoms with E-state index in [0.29, 0.717) is 31.7 Å². The van der Waals surface area contributed by atoms with Crippen LogP contribution in [0, 0.1) is 25.7 Å². The molecule has 9 heteroatoms. The Kier molecular flexibility index (Phi) is 12.9. The molecule has 1 saturated heterocycles. The van der Waals surface area contributed by atoms with Crippen LogP contribution in [0.1, 0.15) is 63.6 Å². The van der Waals surface area contributed by atoms with Gasteiger partial charge in [-0.25, -0.2) is 4.79 Å². The number of rotatable bonds is 15. The molecule has 1 aliphatic rings. The van der Waals surface area contributed by atoms with E-state index >= 15 is 0 Å². The van der Waals surface area contributed by atoms with Crippen molar-refractivity contribution in [2.45, 2.75) is 91.5 Å². The molecular formula is C34H50N4O5. The molecule has 0 bridgehead atoms. The number of carbonyl (C=O) groups excluding carboxylic acids is 3. The molecule has 0 saturated carbocycles. The van der Waals surface area contributed by atoms with Gasteiger partial charge in [-0.3, -0.25) is 9.59 Å². The Morgan fingerprint density at radius 2 is 1.65 bits per heavy atom. The quantitative estimate of drug-likeness (QED) is 0.247. The van der Waals surface area contributed by atoms with Crippen LogP contribution in [0.3, 0.4) is 0 Å². The Hall–Kier alpha value is -3.59. The van der Waals surface area contributed by atoms with Gasteiger partial charge in [0.05, 0.1) is 12.1 Å². The van der Waals surface area contributed by atoms with E-state index in [1.54, 1.807) is 4.90 Å². The highest BCUT2D eigenvalue weighted by molar-refractivity contribution is 5.87. The first-order valence-corrected chi connectivity index (χ1v) is 15.5. The minimum atomic E-state index is -0.941. The van der Waals surface area contributed by atoms with Gasteiger partial charge in [-0.1, -0.05) is 76.2 Å². The number of aliphatic hydroxyl groups excluding tert-OH is 1. The van der Waals surface area contributed by atoms with Crippen molar-refractivity contribution in [2.75, 3.05) is 19.7 Å². The van der Waals surface area contributed by atoms with Crippen LogP contribution in [0.25, 0.3) is 0 Å². The number of nitrogens with one attached hydrogen (secondary N) is 3. The van der Waals surface area contributed by atoms with E-state index in [4.69, 9.17) is 4.74 Å². The number of aryl methyl sites for hydroxylation is 2. The zero-order valence-corrected chi connectivity index (χ0v) is 26.6. The third kappa shape index (κ3) is 10.3. The highest BCUT2D eigenvalue weighted by Crippen LogP contribution is 2.22. The Balaban J connectivity index is 1.74. The number of hydrogen-bond donors (Lipinski definition) is 4. The summed E-state index contributed by atoms with van der Waals surface area (Å²) in [5, 5.41) is 20.5. The molecule has 3 rings (SSSR count). The SMILES string of the molecule is Cc1cccc(C)c1OCC(=O)NC(Cc1ccccc1)C(O)CC(CC(C)C)NC(=O)C(C(C)C)N1CCCNC1=O. The Morgan fingerprint density at radius 1 is 0.977 bits per heavy atom. The van der Waals surface area contributed by atoms with Gasteiger partial charge in [0.15, 0.2) is 6.61 Å². The average molecular weight is 595 g/mol. The number of hydrogen-bond acceptors (Lipinski definition) is 5. The summed E-state index contributed by atoms with van der Waals surface area (Å²) in [4.78, 5) is 40.9. The lowest BCUT2D eigenvalue weighted by Gasteiger charge is -2.37. The molecule has 0 spiro atoms. The molecule has 236 valence electrons. The lowest BCUT2D eigenvalue weighted by atomic mass is 9.92. The maximum Gasteiger partial charge on any atom is 0.318 e. The third-order valence-electron chi connectivity index (χ3n) is 7.84. The summed E-state index contributed by atoms with van der Waals surface area (Å²) in [7, 11) is 0. The van der Waals surface area contributed by atoms with Crippen molar-refractivity contribution in [1.29, 1.82) is 0 Å². The third-order valence-corrected chi connectivity index (χ3v) is 7.84. The number of aliphatic hydroxyl groups is 1. The van der Waals surface area contributed by atoms with Crippen molar-refractivity contribution < 1.29 is 24.2 Å². The fourth-order valence-corrected chi connectivity index (χ4v) is 5.81. The predicted octanol–water partition coefficient (Wildman–Crippen LogP) is 4.13. The summed E-state index contributed by atoms with van der Waals surface area (Å²) in [6.45, 7) is 12.8. The number of urea groups is 1. The molecule has 9 nitrogen and oxygen atoms in total. The van der Waals surface area contributed by atoms with Gasteiger partial charge >= 0.3 is 6.03 Å². The molecule has 4 unspecified atom stereocenters. The van der Waals surface area contributed by atoms with E-state index in [0.717, 1.165) is 23.1 Å². The smallest absolute Gasteiger partial charge is 0.318 e. The van der Waals surface area contributed by atoms with Gasteiger partial charge in [0, 0.05) is 19.1 Å². The lowest BCUT2D eigenvalue weighted by Crippen LogP contribution is -2.59. The molecule has 1 fully saturated rings. The molecule has 1 heterocycles. The summed E-state index contributed by atoms with van der Waals surface area (Å²) in [5.41, 5.74) is 2.87. The highest BCUT2D eigenvalue weighted by atomic mass is 16.5. The molecule has 43 heavy (non-hydrogen) atoms. The van der Waals surface area contributed by atoms with Gasteiger partial charge < -0.3 is 30.7 Å². The molecule has 0 radical (unpaired) electrons. The number of para-hydroxylation sites is 1. The van der Waals surface area contributed by atoms with Crippen LogP contribution in [-0.2, 0) is 16.0 Å². The molecule has 2 aromatic rings. The Morgan fingerprint density at radius 3 is 2.26 bits per heavy atom. The number of ether oxygens (including phenoxy) is 1. The summed E-state index contributed by atoms with van der Waals surface area (Å²) in [6, 6.07) is 13.7. The summed E-state index contributed by atoms with van der Waals surface area (Å²) in [5.74, 6) is 0.287. The van der Waals surface area contributed by atoms with Gasteiger partial charge in [-0.2, -0.15) is 0 Å². The second kappa shape index (κ2) is 16.3. The van der Waals surface area contributed by atoms with E-state index in [1.165, 1.54) is 0 Å². The van der Waals surface area contributed by atoms with Crippen LogP contribution >= 0.6 is 0 Å². The standard InChI is InChI=1S/C34H50N4O5/c1-22(2)18-27(36-33(41)31(23(3)4)38-17-11-16-35-34(38)42)20-29(39)28(19-26-14-8-7-9-15-26)37-30(40)21-43-32-24(5)12-10-13-25(32)6/h7-10,12-15,22-23,27-29,31,39H,11,16-21H2,1-6H3,(H,35,42)(H,36,41)(H,37,40). The van der Waals surface area contributed by atoms with Crippen molar-refractivity contribution in [1.82, 2.24) is 20.9 Å². The summed E-state index contributed by atoms with van der Waals surface area (Å²) in [6.07, 6.45) is 1.15. The molecule has 0 aromatic heterocycles. The Bertz CT molecular complexity index is 1180. The van der Waals surface area contributed by atoms with Gasteiger partial charge in [-0.15, -0.1) is 0 Å². The monoisotopic (exact) mass is 594 g/mol. The summed E-state index contributed by atoms with van der Waals surface area (Å²) < 4.78 is 5.87. The normalized spacial score (nSPS) is 16.3. The van der Waals surface area contributed by atoms with Crippen LogP contribution in [-0.4, -0.2) is 71.8 Å². The topological polar surface area (TPSA) is 120 Å².